The van der Waals surface area contributed by atoms with Crippen molar-refractivity contribution in [2.75, 3.05) is 76.8 Å². The van der Waals surface area contributed by atoms with Gasteiger partial charge in [-0.15, -0.1) is 0 Å². The predicted molar refractivity (Wildman–Crippen MR) is 218 cm³/mol. The maximum Gasteiger partial charge on any atom is 0.338 e. The van der Waals surface area contributed by atoms with Gasteiger partial charge in [-0.1, -0.05) is 6.07 Å². The molecule has 7 heterocycles. The number of carbonyl (C=O) groups excluding carboxylic acids is 1. The number of aromatic nitrogens is 7. The number of anilines is 2. The fourth-order valence-corrected chi connectivity index (χ4v) is 8.51. The summed E-state index contributed by atoms with van der Waals surface area (Å²) in [6.45, 7) is 7.03. The van der Waals surface area contributed by atoms with Crippen LogP contribution in [-0.2, 0) is 16.1 Å². The smallest absolute Gasteiger partial charge is 0.338 e. The van der Waals surface area contributed by atoms with Gasteiger partial charge in [0.05, 0.1) is 52.2 Å². The molecular weight excluding hydrogens is 779 g/mol. The average molecular weight is 823 g/mol. The number of imidazole rings is 1. The summed E-state index contributed by atoms with van der Waals surface area (Å²) < 4.78 is 45.0. The summed E-state index contributed by atoms with van der Waals surface area (Å²) in [4.78, 5) is 52.2. The molecule has 9 rings (SSSR count). The quantitative estimate of drug-likeness (QED) is 0.203. The van der Waals surface area contributed by atoms with Crippen molar-refractivity contribution in [3.8, 4) is 23.0 Å². The number of methoxy groups -OCH3 is 1. The topological polar surface area (TPSA) is 181 Å². The summed E-state index contributed by atoms with van der Waals surface area (Å²) in [5, 5.41) is 21.9. The van der Waals surface area contributed by atoms with E-state index in [0.717, 1.165) is 38.3 Å². The number of piperazine rings is 1. The summed E-state index contributed by atoms with van der Waals surface area (Å²) >= 11 is 0. The molecule has 17 nitrogen and oxygen atoms in total. The second-order valence-electron chi connectivity index (χ2n) is 15.4. The Labute approximate surface area is 342 Å². The molecule has 0 spiro atoms. The number of aryl methyl sites for hydroxylation is 1. The molecule has 3 aliphatic rings. The van der Waals surface area contributed by atoms with Crippen molar-refractivity contribution in [3.05, 3.63) is 77.8 Å². The lowest BCUT2D eigenvalue weighted by Gasteiger charge is -2.31. The van der Waals surface area contributed by atoms with Gasteiger partial charge in [-0.3, -0.25) is 9.69 Å². The van der Waals surface area contributed by atoms with Crippen LogP contribution < -0.4 is 20.3 Å². The number of carboxylic acids is 1. The van der Waals surface area contributed by atoms with Gasteiger partial charge in [0.2, 0.25) is 5.91 Å². The number of rotatable bonds is 8. The number of hydrogen-bond donors (Lipinski definition) is 3. The molecule has 0 radical (unpaired) electrons. The minimum absolute atomic E-state index is 0.00760. The molecule has 2 fully saturated rings. The van der Waals surface area contributed by atoms with Gasteiger partial charge in [-0.05, 0) is 49.7 Å². The van der Waals surface area contributed by atoms with Gasteiger partial charge in [0.15, 0.2) is 5.65 Å². The number of halogens is 2. The lowest BCUT2D eigenvalue weighted by atomic mass is 10.1. The Morgan fingerprint density at radius 1 is 1.00 bits per heavy atom. The number of pyridine rings is 1. The van der Waals surface area contributed by atoms with Crippen LogP contribution in [0.2, 0.25) is 0 Å². The first-order valence-electron chi connectivity index (χ1n) is 19.8. The lowest BCUT2D eigenvalue weighted by molar-refractivity contribution is -0.132. The molecule has 3 aliphatic heterocycles. The molecule has 0 unspecified atom stereocenters. The molecule has 6 aromatic rings. The van der Waals surface area contributed by atoms with E-state index in [1.807, 2.05) is 34.6 Å². The standard InChI is InChI=1S/C41H44F2N12O5/c1-23-46-32-17-25(43)16-28-31-5-4-6-35(48-31)47-26-18-34(39(56)51(2)21-27(59-3)22-53(23)36(28)32)54(20-26)37-30-19-45-55(33-8-7-24(42)15-29(33)40(57)58)38(30)50-41(49-37)60-14-13-52-11-9-44-10-12-52/h4-8,15-17,19,26-27,34,44H,9-14,18,20-22H2,1-3H3,(H,47,48)(H,57,58)/t26-,27-,34-/m0/s1. The SMILES string of the molecule is CO[C@H]1CN(C)C(=O)[C@@H]2C[C@@H](CN2c2nc(OCCN3CCNCC3)nc3c2cnn3-c2ccc(F)cc2C(=O)O)Nc2cccc(n2)-c2cc(F)cc3nc(C)n(c23)C1. The molecular formula is C41H44F2N12O5. The first-order valence-corrected chi connectivity index (χ1v) is 19.8. The normalized spacial score (nSPS) is 20.0. The fourth-order valence-electron chi connectivity index (χ4n) is 8.51. The van der Waals surface area contributed by atoms with Gasteiger partial charge in [0.25, 0.3) is 0 Å². The van der Waals surface area contributed by atoms with Crippen molar-refractivity contribution in [2.24, 2.45) is 0 Å². The Morgan fingerprint density at radius 2 is 1.83 bits per heavy atom. The highest BCUT2D eigenvalue weighted by atomic mass is 19.1. The summed E-state index contributed by atoms with van der Waals surface area (Å²) in [6.07, 6.45) is 1.39. The zero-order valence-corrected chi connectivity index (χ0v) is 33.3. The van der Waals surface area contributed by atoms with Crippen molar-refractivity contribution in [3.63, 3.8) is 0 Å². The largest absolute Gasteiger partial charge is 0.478 e. The van der Waals surface area contributed by atoms with Crippen LogP contribution >= 0.6 is 0 Å². The van der Waals surface area contributed by atoms with Gasteiger partial charge >= 0.3 is 12.0 Å². The molecule has 312 valence electrons. The van der Waals surface area contributed by atoms with Crippen molar-refractivity contribution >= 4 is 45.6 Å². The molecule has 4 bridgehead atoms. The number of aromatic carboxylic acids is 1. The number of fused-ring (bicyclic) bond motifs is 6. The van der Waals surface area contributed by atoms with E-state index in [2.05, 4.69) is 25.6 Å². The maximum absolute atomic E-state index is 15.1. The van der Waals surface area contributed by atoms with E-state index in [0.29, 0.717) is 64.6 Å². The van der Waals surface area contributed by atoms with E-state index in [1.165, 1.54) is 29.1 Å². The van der Waals surface area contributed by atoms with E-state index in [9.17, 15) is 19.1 Å². The second kappa shape index (κ2) is 16.0. The maximum atomic E-state index is 15.1. The van der Waals surface area contributed by atoms with Crippen LogP contribution in [0.15, 0.2) is 54.7 Å². The minimum Gasteiger partial charge on any atom is -0.478 e. The van der Waals surface area contributed by atoms with Crippen molar-refractivity contribution in [1.82, 2.24) is 49.4 Å². The Kier molecular flexibility index (Phi) is 10.5. The number of benzene rings is 2. The highest BCUT2D eigenvalue weighted by Gasteiger charge is 2.41. The highest BCUT2D eigenvalue weighted by molar-refractivity contribution is 5.96. The molecule has 0 aliphatic carbocycles. The molecule has 60 heavy (non-hydrogen) atoms. The first kappa shape index (κ1) is 39.2. The third-order valence-electron chi connectivity index (χ3n) is 11.5. The number of ether oxygens (including phenoxy) is 2. The van der Waals surface area contributed by atoms with Crippen molar-refractivity contribution in [1.29, 1.82) is 0 Å². The van der Waals surface area contributed by atoms with Crippen molar-refractivity contribution < 1.29 is 33.0 Å². The van der Waals surface area contributed by atoms with E-state index in [4.69, 9.17) is 24.4 Å². The molecule has 1 amide bonds. The molecule has 19 heteroatoms. The summed E-state index contributed by atoms with van der Waals surface area (Å²) in [5.74, 6) is -1.15. The Hall–Kier alpha value is -6.31. The van der Waals surface area contributed by atoms with Gasteiger partial charge in [-0.2, -0.15) is 15.1 Å². The van der Waals surface area contributed by atoms with Crippen molar-refractivity contribution in [2.45, 2.75) is 38.1 Å². The second-order valence-corrected chi connectivity index (χ2v) is 15.4. The number of likely N-dealkylation sites (N-methyl/N-ethyl adjacent to an activating group) is 1. The number of hydrogen-bond acceptors (Lipinski definition) is 13. The average Bonchev–Trinajstić information content (AvgIpc) is 3.94. The molecule has 3 N–H and O–H groups in total. The van der Waals surface area contributed by atoms with Crippen LogP contribution in [-0.4, -0.2) is 146 Å². The number of carboxylic acid groups (broad SMARTS) is 1. The Bertz CT molecular complexity index is 2610. The van der Waals surface area contributed by atoms with E-state index in [-0.39, 0.29) is 54.6 Å². The highest BCUT2D eigenvalue weighted by Crippen LogP contribution is 2.36. The van der Waals surface area contributed by atoms with Crippen LogP contribution in [0.4, 0.5) is 20.4 Å². The monoisotopic (exact) mass is 822 g/mol. The summed E-state index contributed by atoms with van der Waals surface area (Å²) in [7, 11) is 3.32. The molecule has 0 saturated carbocycles. The van der Waals surface area contributed by atoms with E-state index >= 15 is 4.39 Å². The third-order valence-corrected chi connectivity index (χ3v) is 11.5. The number of amides is 1. The van der Waals surface area contributed by atoms with Gasteiger partial charge in [-0.25, -0.2) is 28.2 Å². The molecule has 4 aromatic heterocycles. The molecule has 2 saturated heterocycles. The van der Waals surface area contributed by atoms with Crippen LogP contribution in [0.1, 0.15) is 22.6 Å². The fraction of sp³-hybridized carbons (Fsp3) is 0.390. The van der Waals surface area contributed by atoms with E-state index in [1.54, 1.807) is 19.1 Å². The van der Waals surface area contributed by atoms with Gasteiger partial charge in [0.1, 0.15) is 41.7 Å². The molecule has 2 aromatic carbocycles. The third kappa shape index (κ3) is 7.43. The zero-order valence-electron chi connectivity index (χ0n) is 33.3. The minimum atomic E-state index is -1.34. The Balaban J connectivity index is 1.14. The Morgan fingerprint density at radius 3 is 2.63 bits per heavy atom. The lowest BCUT2D eigenvalue weighted by Crippen LogP contribution is -2.47. The van der Waals surface area contributed by atoms with E-state index < -0.39 is 29.7 Å². The van der Waals surface area contributed by atoms with Crippen LogP contribution in [0.5, 0.6) is 6.01 Å². The zero-order chi connectivity index (χ0) is 41.7. The summed E-state index contributed by atoms with van der Waals surface area (Å²) in [6, 6.07) is 10.7. The number of nitrogens with zero attached hydrogens (tertiary/aromatic N) is 10. The predicted octanol–water partition coefficient (Wildman–Crippen LogP) is 3.34. The van der Waals surface area contributed by atoms with Crippen LogP contribution in [0, 0.1) is 18.6 Å². The first-order chi connectivity index (χ1) is 29.0. The number of carbonyl (C=O) groups is 2. The summed E-state index contributed by atoms with van der Waals surface area (Å²) in [5.41, 5.74) is 2.32. The van der Waals surface area contributed by atoms with Gasteiger partial charge in [0, 0.05) is 77.6 Å². The number of nitrogens with one attached hydrogen (secondary N) is 2. The van der Waals surface area contributed by atoms with Crippen LogP contribution in [0.3, 0.4) is 0 Å². The molecule has 3 atom stereocenters. The van der Waals surface area contributed by atoms with Crippen LogP contribution in [0.25, 0.3) is 39.0 Å². The van der Waals surface area contributed by atoms with Gasteiger partial charge < -0.3 is 39.6 Å².